The van der Waals surface area contributed by atoms with Crippen molar-refractivity contribution in [2.24, 2.45) is 0 Å². The van der Waals surface area contributed by atoms with Crippen LogP contribution in [0.5, 0.6) is 0 Å². The topological polar surface area (TPSA) is 122 Å². The summed E-state index contributed by atoms with van der Waals surface area (Å²) in [6.07, 6.45) is 7.35. The number of hydrogen-bond donors (Lipinski definition) is 3. The van der Waals surface area contributed by atoms with E-state index in [1.807, 2.05) is 17.6 Å². The second kappa shape index (κ2) is 10.00. The van der Waals surface area contributed by atoms with E-state index in [0.717, 1.165) is 35.6 Å². The number of pyridine rings is 1. The Kier molecular flexibility index (Phi) is 6.67. The van der Waals surface area contributed by atoms with Crippen LogP contribution in [-0.4, -0.2) is 35.9 Å². The number of benzene rings is 2. The molecule has 0 aliphatic heterocycles. The minimum atomic E-state index is -0.585. The van der Waals surface area contributed by atoms with Gasteiger partial charge in [0, 0.05) is 29.7 Å². The number of nitrogens with one attached hydrogen (secondary N) is 2. The van der Waals surface area contributed by atoms with Gasteiger partial charge in [-0.05, 0) is 61.0 Å². The first-order valence-corrected chi connectivity index (χ1v) is 10.3. The van der Waals surface area contributed by atoms with Gasteiger partial charge >= 0.3 is 0 Å². The molecule has 0 spiro atoms. The van der Waals surface area contributed by atoms with Gasteiger partial charge in [-0.15, -0.1) is 0 Å². The Morgan fingerprint density at radius 2 is 1.71 bits per heavy atom. The lowest BCUT2D eigenvalue weighted by Crippen LogP contribution is -1.97. The first-order valence-electron chi connectivity index (χ1n) is 10.3. The van der Waals surface area contributed by atoms with Gasteiger partial charge in [0.25, 0.3) is 0 Å². The van der Waals surface area contributed by atoms with Crippen molar-refractivity contribution in [3.8, 4) is 22.5 Å². The van der Waals surface area contributed by atoms with E-state index in [4.69, 9.17) is 11.1 Å². The number of anilines is 1. The van der Waals surface area contributed by atoms with Gasteiger partial charge in [-0.2, -0.15) is 5.10 Å². The number of halogens is 3. The molecular weight excluding hydrogens is 457 g/mol. The quantitative estimate of drug-likeness (QED) is 0.315. The van der Waals surface area contributed by atoms with Crippen LogP contribution in [-0.2, 0) is 0 Å². The molecular formula is C24H19F3N8. The molecule has 3 heterocycles. The van der Waals surface area contributed by atoms with Crippen LogP contribution >= 0.6 is 0 Å². The molecule has 0 radical (unpaired) electrons. The zero-order valence-electron chi connectivity index (χ0n) is 18.4. The summed E-state index contributed by atoms with van der Waals surface area (Å²) in [5.41, 5.74) is 8.67. The third-order valence-electron chi connectivity index (χ3n) is 5.00. The highest BCUT2D eigenvalue weighted by molar-refractivity contribution is 5.96. The zero-order chi connectivity index (χ0) is 24.9. The van der Waals surface area contributed by atoms with Crippen LogP contribution in [0.4, 0.5) is 19.0 Å². The summed E-state index contributed by atoms with van der Waals surface area (Å²) in [6, 6.07) is 9.49. The molecule has 5 aromatic rings. The molecule has 0 fully saturated rings. The second-order valence-electron chi connectivity index (χ2n) is 7.26. The van der Waals surface area contributed by atoms with Crippen LogP contribution in [0.15, 0.2) is 61.1 Å². The third kappa shape index (κ3) is 4.93. The number of fused-ring (bicyclic) bond motifs is 1. The van der Waals surface area contributed by atoms with Gasteiger partial charge in [-0.1, -0.05) is 0 Å². The van der Waals surface area contributed by atoms with Crippen molar-refractivity contribution < 1.29 is 13.2 Å². The van der Waals surface area contributed by atoms with Crippen LogP contribution in [0.3, 0.4) is 0 Å². The van der Waals surface area contributed by atoms with Crippen molar-refractivity contribution in [2.45, 2.75) is 6.92 Å². The van der Waals surface area contributed by atoms with Gasteiger partial charge < -0.3 is 15.7 Å². The molecule has 0 saturated carbocycles. The minimum Gasteiger partial charge on any atom is -0.381 e. The molecule has 0 saturated heterocycles. The van der Waals surface area contributed by atoms with E-state index in [-0.39, 0.29) is 5.82 Å². The highest BCUT2D eigenvalue weighted by Crippen LogP contribution is 2.34. The Morgan fingerprint density at radius 3 is 2.34 bits per heavy atom. The molecule has 0 atom stereocenters. The number of aromatic amines is 1. The monoisotopic (exact) mass is 476 g/mol. The fraction of sp³-hybridized carbons (Fsp3) is 0.0417. The fourth-order valence-electron chi connectivity index (χ4n) is 3.41. The Morgan fingerprint density at radius 1 is 1.00 bits per heavy atom. The predicted octanol–water partition coefficient (Wildman–Crippen LogP) is 5.00. The van der Waals surface area contributed by atoms with Crippen LogP contribution < -0.4 is 5.73 Å². The number of nitrogen functional groups attached to an aromatic ring is 1. The van der Waals surface area contributed by atoms with E-state index in [9.17, 15) is 13.2 Å². The highest BCUT2D eigenvalue weighted by atomic mass is 19.1. The third-order valence-corrected chi connectivity index (χ3v) is 5.00. The van der Waals surface area contributed by atoms with Crippen molar-refractivity contribution in [3.63, 3.8) is 0 Å². The predicted molar refractivity (Wildman–Crippen MR) is 128 cm³/mol. The molecule has 0 aliphatic carbocycles. The SMILES string of the molecule is Cc1nc2c(-c3ncn[nH]3)cc(-c3ccnc(N)c3F)cc2n1/C=C/C=N.Fc1ccc(F)cc1. The van der Waals surface area contributed by atoms with Gasteiger partial charge in [-0.3, -0.25) is 5.10 Å². The smallest absolute Gasteiger partial charge is 0.173 e. The largest absolute Gasteiger partial charge is 0.381 e. The number of allylic oxidation sites excluding steroid dienone is 1. The number of nitrogens with zero attached hydrogens (tertiary/aromatic N) is 5. The first kappa shape index (κ1) is 23.4. The van der Waals surface area contributed by atoms with E-state index in [0.29, 0.717) is 28.0 Å². The normalized spacial score (nSPS) is 11.0. The number of aryl methyl sites for hydroxylation is 1. The Balaban J connectivity index is 0.000000308. The molecule has 5 rings (SSSR count). The number of nitrogens with two attached hydrogens (primary N) is 1. The lowest BCUT2D eigenvalue weighted by atomic mass is 10.0. The molecule has 176 valence electrons. The summed E-state index contributed by atoms with van der Waals surface area (Å²) in [7, 11) is 0. The molecule has 0 unspecified atom stereocenters. The molecule has 0 bridgehead atoms. The summed E-state index contributed by atoms with van der Waals surface area (Å²) >= 11 is 0. The lowest BCUT2D eigenvalue weighted by Gasteiger charge is -2.09. The van der Waals surface area contributed by atoms with Crippen molar-refractivity contribution in [2.75, 3.05) is 5.73 Å². The second-order valence-corrected chi connectivity index (χ2v) is 7.26. The van der Waals surface area contributed by atoms with Crippen LogP contribution in [0, 0.1) is 29.8 Å². The first-order chi connectivity index (χ1) is 16.9. The van der Waals surface area contributed by atoms with E-state index < -0.39 is 17.5 Å². The van der Waals surface area contributed by atoms with Crippen LogP contribution in [0.25, 0.3) is 39.7 Å². The van der Waals surface area contributed by atoms with Crippen LogP contribution in [0.2, 0.25) is 0 Å². The van der Waals surface area contributed by atoms with Gasteiger partial charge in [0.05, 0.1) is 5.52 Å². The summed E-state index contributed by atoms with van der Waals surface area (Å²) < 4.78 is 40.2. The van der Waals surface area contributed by atoms with Gasteiger partial charge in [0.1, 0.15) is 29.3 Å². The molecule has 4 N–H and O–H groups in total. The van der Waals surface area contributed by atoms with Crippen molar-refractivity contribution in [1.29, 1.82) is 5.41 Å². The average Bonchev–Trinajstić information content (AvgIpc) is 3.49. The highest BCUT2D eigenvalue weighted by Gasteiger charge is 2.18. The maximum atomic E-state index is 14.6. The van der Waals surface area contributed by atoms with E-state index >= 15 is 0 Å². The van der Waals surface area contributed by atoms with Crippen LogP contribution in [0.1, 0.15) is 5.82 Å². The lowest BCUT2D eigenvalue weighted by molar-refractivity contribution is 0.600. The zero-order valence-corrected chi connectivity index (χ0v) is 18.4. The summed E-state index contributed by atoms with van der Waals surface area (Å²) in [6.45, 7) is 1.85. The summed E-state index contributed by atoms with van der Waals surface area (Å²) in [5.74, 6) is -0.334. The van der Waals surface area contributed by atoms with Gasteiger partial charge in [-0.25, -0.2) is 28.1 Å². The number of imidazole rings is 1. The van der Waals surface area contributed by atoms with Gasteiger partial charge in [0.15, 0.2) is 17.5 Å². The number of H-pyrrole nitrogens is 1. The standard InChI is InChI=1S/C18H15FN8.C6H4F2/c1-10-25-16-13(18-23-9-24-26-18)7-11(8-14(16)27(10)6-2-4-20)12-3-5-22-17(21)15(12)19;7-5-1-2-6(8)4-3-5/h2-9,20H,1H3,(H2,21,22)(H,23,24,26);1-4H/b6-2+,20-4?;. The maximum absolute atomic E-state index is 14.6. The maximum Gasteiger partial charge on any atom is 0.173 e. The summed E-state index contributed by atoms with van der Waals surface area (Å²) in [4.78, 5) is 12.6. The van der Waals surface area contributed by atoms with E-state index in [2.05, 4.69) is 25.1 Å². The molecule has 11 heteroatoms. The fourth-order valence-corrected chi connectivity index (χ4v) is 3.41. The average molecular weight is 476 g/mol. The van der Waals surface area contributed by atoms with Crippen molar-refractivity contribution in [1.82, 2.24) is 29.7 Å². The van der Waals surface area contributed by atoms with Gasteiger partial charge in [0.2, 0.25) is 0 Å². The molecule has 0 amide bonds. The Labute approximate surface area is 197 Å². The molecule has 0 aliphatic rings. The molecule has 35 heavy (non-hydrogen) atoms. The minimum absolute atomic E-state index is 0.165. The molecule has 2 aromatic carbocycles. The number of aromatic nitrogens is 6. The number of hydrogen-bond acceptors (Lipinski definition) is 6. The van der Waals surface area contributed by atoms with E-state index in [1.165, 1.54) is 18.7 Å². The van der Waals surface area contributed by atoms with Crippen molar-refractivity contribution >= 4 is 29.3 Å². The van der Waals surface area contributed by atoms with E-state index in [1.54, 1.807) is 24.4 Å². The Hall–Kier alpha value is -4.80. The van der Waals surface area contributed by atoms with Crippen molar-refractivity contribution in [3.05, 3.63) is 84.3 Å². The molecule has 3 aromatic heterocycles. The Bertz CT molecular complexity index is 1490. The summed E-state index contributed by atoms with van der Waals surface area (Å²) in [5, 5.41) is 14.0. The molecule has 8 nitrogen and oxygen atoms in total. The number of rotatable bonds is 4.